The number of benzene rings is 1. The lowest BCUT2D eigenvalue weighted by Gasteiger charge is -2.19. The van der Waals surface area contributed by atoms with E-state index in [-0.39, 0.29) is 11.3 Å². The smallest absolute Gasteiger partial charge is 0.251 e. The highest BCUT2D eigenvalue weighted by Crippen LogP contribution is 2.22. The van der Waals surface area contributed by atoms with E-state index in [2.05, 4.69) is 31.2 Å². The van der Waals surface area contributed by atoms with Crippen LogP contribution in [0.5, 0.6) is 0 Å². The van der Waals surface area contributed by atoms with Gasteiger partial charge >= 0.3 is 0 Å². The topological polar surface area (TPSA) is 72.9 Å². The molecule has 0 unspecified atom stereocenters. The third kappa shape index (κ3) is 3.42. The third-order valence-corrected chi connectivity index (χ3v) is 3.52. The van der Waals surface area contributed by atoms with E-state index in [0.29, 0.717) is 17.9 Å². The second-order valence-corrected chi connectivity index (χ2v) is 6.19. The van der Waals surface area contributed by atoms with E-state index in [1.807, 2.05) is 24.3 Å². The Balaban J connectivity index is 2.02. The summed E-state index contributed by atoms with van der Waals surface area (Å²) in [6, 6.07) is 7.69. The summed E-state index contributed by atoms with van der Waals surface area (Å²) in [4.78, 5) is 12.1. The normalized spacial score (nSPS) is 11.4. The molecule has 5 nitrogen and oxygen atoms in total. The van der Waals surface area contributed by atoms with Gasteiger partial charge in [-0.25, -0.2) is 0 Å². The highest BCUT2D eigenvalue weighted by atomic mass is 16.1. The molecule has 21 heavy (non-hydrogen) atoms. The zero-order chi connectivity index (χ0) is 15.6. The lowest BCUT2D eigenvalue weighted by atomic mass is 9.87. The van der Waals surface area contributed by atoms with Gasteiger partial charge in [0.25, 0.3) is 5.91 Å². The van der Waals surface area contributed by atoms with E-state index in [9.17, 15) is 4.79 Å². The molecule has 5 heteroatoms. The maximum absolute atomic E-state index is 12.1. The fraction of sp³-hybridized carbons (Fsp3) is 0.375. The van der Waals surface area contributed by atoms with Crippen LogP contribution < -0.4 is 11.1 Å². The van der Waals surface area contributed by atoms with Crippen LogP contribution in [0, 0.1) is 0 Å². The van der Waals surface area contributed by atoms with Gasteiger partial charge in [-0.1, -0.05) is 32.9 Å². The molecule has 0 fully saturated rings. The molecule has 2 rings (SSSR count). The summed E-state index contributed by atoms with van der Waals surface area (Å²) >= 11 is 0. The maximum Gasteiger partial charge on any atom is 0.251 e. The van der Waals surface area contributed by atoms with Crippen molar-refractivity contribution in [2.24, 2.45) is 7.05 Å². The minimum Gasteiger partial charge on any atom is -0.384 e. The van der Waals surface area contributed by atoms with Crippen LogP contribution >= 0.6 is 0 Å². The van der Waals surface area contributed by atoms with Gasteiger partial charge in [-0.15, -0.1) is 0 Å². The van der Waals surface area contributed by atoms with Gasteiger partial charge in [-0.2, -0.15) is 5.10 Å². The summed E-state index contributed by atoms with van der Waals surface area (Å²) < 4.78 is 1.58. The minimum atomic E-state index is -0.112. The molecule has 1 heterocycles. The predicted molar refractivity (Wildman–Crippen MR) is 83.9 cm³/mol. The fourth-order valence-electron chi connectivity index (χ4n) is 2.03. The maximum atomic E-state index is 12.1. The van der Waals surface area contributed by atoms with Crippen molar-refractivity contribution in [2.75, 3.05) is 5.73 Å². The average Bonchev–Trinajstić information content (AvgIpc) is 2.75. The van der Waals surface area contributed by atoms with E-state index < -0.39 is 0 Å². The van der Waals surface area contributed by atoms with Crippen molar-refractivity contribution in [3.63, 3.8) is 0 Å². The molecule has 0 radical (unpaired) electrons. The molecule has 0 saturated heterocycles. The summed E-state index contributed by atoms with van der Waals surface area (Å²) in [6.07, 6.45) is 1.66. The number of hydrogen-bond acceptors (Lipinski definition) is 3. The van der Waals surface area contributed by atoms with Crippen molar-refractivity contribution >= 4 is 11.7 Å². The number of anilines is 1. The molecule has 0 aliphatic rings. The van der Waals surface area contributed by atoms with E-state index in [1.165, 1.54) is 5.56 Å². The second kappa shape index (κ2) is 5.60. The second-order valence-electron chi connectivity index (χ2n) is 6.19. The van der Waals surface area contributed by atoms with Crippen molar-refractivity contribution in [1.29, 1.82) is 0 Å². The predicted octanol–water partition coefficient (Wildman–Crippen LogP) is 2.23. The van der Waals surface area contributed by atoms with Crippen molar-refractivity contribution in [1.82, 2.24) is 15.1 Å². The molecule has 112 valence electrons. The molecule has 1 aromatic heterocycles. The summed E-state index contributed by atoms with van der Waals surface area (Å²) in [5.41, 5.74) is 8.59. The van der Waals surface area contributed by atoms with Gasteiger partial charge in [0, 0.05) is 24.7 Å². The molecule has 1 amide bonds. The SMILES string of the molecule is Cn1ncc(CNC(=O)c2ccc(C(C)(C)C)cc2)c1N. The Morgan fingerprint density at radius 2 is 1.90 bits per heavy atom. The number of aryl methyl sites for hydroxylation is 1. The molecule has 1 aromatic carbocycles. The van der Waals surface area contributed by atoms with Crippen molar-refractivity contribution < 1.29 is 4.79 Å². The van der Waals surface area contributed by atoms with E-state index in [1.54, 1.807) is 17.9 Å². The Morgan fingerprint density at radius 3 is 2.38 bits per heavy atom. The number of nitrogens with two attached hydrogens (primary N) is 1. The van der Waals surface area contributed by atoms with Crippen LogP contribution in [-0.2, 0) is 19.0 Å². The van der Waals surface area contributed by atoms with Crippen LogP contribution in [0.2, 0.25) is 0 Å². The first-order chi connectivity index (χ1) is 9.79. The first-order valence-corrected chi connectivity index (χ1v) is 6.94. The van der Waals surface area contributed by atoms with Gasteiger partial charge in [-0.3, -0.25) is 9.48 Å². The largest absolute Gasteiger partial charge is 0.384 e. The Bertz CT molecular complexity index is 635. The van der Waals surface area contributed by atoms with Gasteiger partial charge < -0.3 is 11.1 Å². The number of nitrogens with zero attached hydrogens (tertiary/aromatic N) is 2. The number of nitrogens with one attached hydrogen (secondary N) is 1. The molecule has 2 aromatic rings. The minimum absolute atomic E-state index is 0.0825. The molecule has 0 aliphatic carbocycles. The lowest BCUT2D eigenvalue weighted by molar-refractivity contribution is 0.0951. The lowest BCUT2D eigenvalue weighted by Crippen LogP contribution is -2.23. The zero-order valence-corrected chi connectivity index (χ0v) is 13.0. The Hall–Kier alpha value is -2.30. The standard InChI is InChI=1S/C16H22N4O/c1-16(2,3)13-7-5-11(6-8-13)15(21)18-9-12-10-19-20(4)14(12)17/h5-8,10H,9,17H2,1-4H3,(H,18,21). The number of hydrogen-bond donors (Lipinski definition) is 2. The first kappa shape index (κ1) is 15.1. The summed E-state index contributed by atoms with van der Waals surface area (Å²) in [5, 5.41) is 6.90. The quantitative estimate of drug-likeness (QED) is 0.908. The fourth-order valence-corrected chi connectivity index (χ4v) is 2.03. The molecule has 0 spiro atoms. The third-order valence-electron chi connectivity index (χ3n) is 3.52. The summed E-state index contributed by atoms with van der Waals surface area (Å²) in [7, 11) is 1.77. The molecular formula is C16H22N4O. The van der Waals surface area contributed by atoms with Crippen LogP contribution in [0.25, 0.3) is 0 Å². The average molecular weight is 286 g/mol. The zero-order valence-electron chi connectivity index (χ0n) is 13.0. The van der Waals surface area contributed by atoms with Crippen LogP contribution in [-0.4, -0.2) is 15.7 Å². The van der Waals surface area contributed by atoms with Gasteiger partial charge in [-0.05, 0) is 23.1 Å². The number of nitrogen functional groups attached to an aromatic ring is 1. The van der Waals surface area contributed by atoms with Gasteiger partial charge in [0.1, 0.15) is 5.82 Å². The van der Waals surface area contributed by atoms with Crippen molar-refractivity contribution in [3.8, 4) is 0 Å². The number of aromatic nitrogens is 2. The monoisotopic (exact) mass is 286 g/mol. The number of carbonyl (C=O) groups is 1. The number of rotatable bonds is 3. The van der Waals surface area contributed by atoms with Crippen LogP contribution in [0.15, 0.2) is 30.5 Å². The van der Waals surface area contributed by atoms with Crippen molar-refractivity contribution in [3.05, 3.63) is 47.2 Å². The van der Waals surface area contributed by atoms with Crippen molar-refractivity contribution in [2.45, 2.75) is 32.7 Å². The van der Waals surface area contributed by atoms with Crippen LogP contribution in [0.3, 0.4) is 0 Å². The molecule has 0 bridgehead atoms. The van der Waals surface area contributed by atoms with E-state index in [0.717, 1.165) is 5.56 Å². The molecule has 3 N–H and O–H groups in total. The van der Waals surface area contributed by atoms with E-state index >= 15 is 0 Å². The number of amides is 1. The summed E-state index contributed by atoms with van der Waals surface area (Å²) in [6.45, 7) is 6.81. The van der Waals surface area contributed by atoms with E-state index in [4.69, 9.17) is 5.73 Å². The van der Waals surface area contributed by atoms with Gasteiger partial charge in [0.05, 0.1) is 6.20 Å². The highest BCUT2D eigenvalue weighted by molar-refractivity contribution is 5.94. The Morgan fingerprint density at radius 1 is 1.29 bits per heavy atom. The van der Waals surface area contributed by atoms with Gasteiger partial charge in [0.2, 0.25) is 0 Å². The Labute approximate surface area is 125 Å². The molecule has 0 saturated carbocycles. The molecule has 0 atom stereocenters. The summed E-state index contributed by atoms with van der Waals surface area (Å²) in [5.74, 6) is 0.456. The highest BCUT2D eigenvalue weighted by Gasteiger charge is 2.14. The number of carbonyl (C=O) groups excluding carboxylic acids is 1. The van der Waals surface area contributed by atoms with Crippen LogP contribution in [0.1, 0.15) is 42.3 Å². The molecular weight excluding hydrogens is 264 g/mol. The van der Waals surface area contributed by atoms with Crippen LogP contribution in [0.4, 0.5) is 5.82 Å². The van der Waals surface area contributed by atoms with Gasteiger partial charge in [0.15, 0.2) is 0 Å². The first-order valence-electron chi connectivity index (χ1n) is 6.94. The Kier molecular flexibility index (Phi) is 4.02. The molecule has 0 aliphatic heterocycles.